The van der Waals surface area contributed by atoms with Crippen molar-refractivity contribution in [2.45, 2.75) is 45.3 Å². The molecule has 6 nitrogen and oxygen atoms in total. The fraction of sp³-hybridized carbons (Fsp3) is 0.435. The summed E-state index contributed by atoms with van der Waals surface area (Å²) < 4.78 is 26.3. The van der Waals surface area contributed by atoms with Crippen LogP contribution in [0.2, 0.25) is 10.0 Å². The number of likely N-dealkylation sites (tertiary alicyclic amines) is 1. The second kappa shape index (κ2) is 10.9. The van der Waals surface area contributed by atoms with Gasteiger partial charge in [0.15, 0.2) is 0 Å². The van der Waals surface area contributed by atoms with Gasteiger partial charge in [-0.25, -0.2) is 8.42 Å². The number of halogens is 2. The first-order valence-corrected chi connectivity index (χ1v) is 13.3. The lowest BCUT2D eigenvalue weighted by Gasteiger charge is -2.30. The minimum Gasteiger partial charge on any atom is -0.350 e. The first-order valence-electron chi connectivity index (χ1n) is 10.7. The molecule has 0 saturated carbocycles. The summed E-state index contributed by atoms with van der Waals surface area (Å²) in [7, 11) is -3.79. The average Bonchev–Trinajstić information content (AvgIpc) is 3.24. The lowest BCUT2D eigenvalue weighted by Crippen LogP contribution is -2.49. The Morgan fingerprint density at radius 3 is 2.47 bits per heavy atom. The summed E-state index contributed by atoms with van der Waals surface area (Å²) >= 11 is 12.3. The number of sulfonamides is 1. The fourth-order valence-corrected chi connectivity index (χ4v) is 5.67. The van der Waals surface area contributed by atoms with Crippen LogP contribution in [0.3, 0.4) is 0 Å². The predicted octanol–water partition coefficient (Wildman–Crippen LogP) is 4.45. The van der Waals surface area contributed by atoms with Gasteiger partial charge < -0.3 is 5.32 Å². The molecular formula is C23H29Cl2N3O3S. The highest BCUT2D eigenvalue weighted by molar-refractivity contribution is 7.92. The number of carbonyl (C=O) groups excluding carboxylic acids is 1. The van der Waals surface area contributed by atoms with E-state index in [0.29, 0.717) is 11.6 Å². The molecule has 1 aliphatic heterocycles. The fourth-order valence-electron chi connectivity index (χ4n) is 4.03. The van der Waals surface area contributed by atoms with Crippen LogP contribution < -0.4 is 9.62 Å². The van der Waals surface area contributed by atoms with Gasteiger partial charge in [-0.15, -0.1) is 0 Å². The second-order valence-corrected chi connectivity index (χ2v) is 10.8. The van der Waals surface area contributed by atoms with Crippen molar-refractivity contribution in [1.82, 2.24) is 10.2 Å². The third-order valence-corrected chi connectivity index (χ3v) is 7.26. The van der Waals surface area contributed by atoms with Crippen LogP contribution in [0.5, 0.6) is 0 Å². The summed E-state index contributed by atoms with van der Waals surface area (Å²) in [5.41, 5.74) is 2.36. The molecule has 0 radical (unpaired) electrons. The van der Waals surface area contributed by atoms with Crippen LogP contribution >= 0.6 is 23.2 Å². The van der Waals surface area contributed by atoms with E-state index in [-0.39, 0.29) is 23.0 Å². The summed E-state index contributed by atoms with van der Waals surface area (Å²) in [5.74, 6) is -0.390. The van der Waals surface area contributed by atoms with Crippen LogP contribution in [-0.2, 0) is 27.9 Å². The monoisotopic (exact) mass is 497 g/mol. The van der Waals surface area contributed by atoms with Crippen LogP contribution in [0.15, 0.2) is 42.5 Å². The van der Waals surface area contributed by atoms with E-state index in [1.807, 2.05) is 12.1 Å². The molecule has 1 unspecified atom stereocenters. The third-order valence-electron chi connectivity index (χ3n) is 5.54. The van der Waals surface area contributed by atoms with Gasteiger partial charge in [-0.1, -0.05) is 54.4 Å². The molecule has 1 N–H and O–H groups in total. The Hall–Kier alpha value is -1.80. The average molecular weight is 498 g/mol. The first kappa shape index (κ1) is 24.8. The lowest BCUT2D eigenvalue weighted by atomic mass is 10.1. The molecule has 0 aromatic heterocycles. The molecular weight excluding hydrogens is 469 g/mol. The Morgan fingerprint density at radius 2 is 1.81 bits per heavy atom. The molecule has 1 aliphatic rings. The maximum Gasteiger partial charge on any atom is 0.244 e. The molecule has 1 amide bonds. The van der Waals surface area contributed by atoms with Crippen molar-refractivity contribution in [2.75, 3.05) is 23.7 Å². The molecule has 174 valence electrons. The van der Waals surface area contributed by atoms with Crippen molar-refractivity contribution in [3.63, 3.8) is 0 Å². The van der Waals surface area contributed by atoms with Crippen LogP contribution in [0, 0.1) is 0 Å². The number of benzene rings is 2. The van der Waals surface area contributed by atoms with Crippen LogP contribution in [0.4, 0.5) is 5.69 Å². The smallest absolute Gasteiger partial charge is 0.244 e. The Bertz CT molecular complexity index is 1060. The quantitative estimate of drug-likeness (QED) is 0.555. The van der Waals surface area contributed by atoms with Crippen molar-refractivity contribution in [3.05, 3.63) is 63.6 Å². The van der Waals surface area contributed by atoms with Crippen molar-refractivity contribution in [2.24, 2.45) is 0 Å². The van der Waals surface area contributed by atoms with Gasteiger partial charge in [0.25, 0.3) is 0 Å². The minimum absolute atomic E-state index is 0.191. The zero-order chi connectivity index (χ0) is 23.3. The summed E-state index contributed by atoms with van der Waals surface area (Å²) in [4.78, 5) is 15.5. The molecule has 1 saturated heterocycles. The number of hydrogen-bond donors (Lipinski definition) is 1. The minimum atomic E-state index is -3.79. The topological polar surface area (TPSA) is 69.7 Å². The second-order valence-electron chi connectivity index (χ2n) is 8.10. The maximum absolute atomic E-state index is 13.1. The van der Waals surface area contributed by atoms with Gasteiger partial charge in [-0.2, -0.15) is 0 Å². The van der Waals surface area contributed by atoms with Gasteiger partial charge in [0.2, 0.25) is 15.9 Å². The zero-order valence-corrected chi connectivity index (χ0v) is 20.7. The summed E-state index contributed by atoms with van der Waals surface area (Å²) in [6.07, 6.45) is 3.81. The molecule has 0 aliphatic carbocycles. The van der Waals surface area contributed by atoms with E-state index >= 15 is 0 Å². The van der Waals surface area contributed by atoms with E-state index in [0.717, 1.165) is 35.8 Å². The van der Waals surface area contributed by atoms with E-state index in [9.17, 15) is 13.2 Å². The van der Waals surface area contributed by atoms with Gasteiger partial charge in [0.1, 0.15) is 6.04 Å². The summed E-state index contributed by atoms with van der Waals surface area (Å²) in [5, 5.41) is 3.44. The standard InChI is InChI=1S/C23H29Cl2N3O3S/c1-3-21(28(32(2,30)31)22-14-19(24)9-10-20(22)25)23(29)26-15-17-7-6-8-18(13-17)16-27-11-4-5-12-27/h6-10,13-14,21H,3-5,11-12,15-16H2,1-2H3,(H,26,29). The summed E-state index contributed by atoms with van der Waals surface area (Å²) in [6.45, 7) is 5.20. The van der Waals surface area contributed by atoms with Crippen LogP contribution in [-0.4, -0.2) is 44.6 Å². The van der Waals surface area contributed by atoms with E-state index in [4.69, 9.17) is 23.2 Å². The van der Waals surface area contributed by atoms with Crippen molar-refractivity contribution >= 4 is 44.8 Å². The highest BCUT2D eigenvalue weighted by atomic mass is 35.5. The van der Waals surface area contributed by atoms with Gasteiger partial charge >= 0.3 is 0 Å². The van der Waals surface area contributed by atoms with E-state index in [1.54, 1.807) is 13.0 Å². The van der Waals surface area contributed by atoms with E-state index in [1.165, 1.54) is 30.5 Å². The molecule has 2 aromatic carbocycles. The number of carbonyl (C=O) groups is 1. The number of rotatable bonds is 9. The predicted molar refractivity (Wildman–Crippen MR) is 131 cm³/mol. The number of anilines is 1. The molecule has 0 spiro atoms. The van der Waals surface area contributed by atoms with Gasteiger partial charge in [0.05, 0.1) is 17.0 Å². The van der Waals surface area contributed by atoms with Crippen LogP contribution in [0.25, 0.3) is 0 Å². The highest BCUT2D eigenvalue weighted by Crippen LogP contribution is 2.33. The van der Waals surface area contributed by atoms with Gasteiger partial charge in [0, 0.05) is 18.1 Å². The molecule has 3 rings (SSSR count). The third kappa shape index (κ3) is 6.38. The highest BCUT2D eigenvalue weighted by Gasteiger charge is 2.32. The van der Waals surface area contributed by atoms with Gasteiger partial charge in [-0.05, 0) is 61.7 Å². The molecule has 9 heteroatoms. The Kier molecular flexibility index (Phi) is 8.44. The number of amides is 1. The molecule has 1 atom stereocenters. The Morgan fingerprint density at radius 1 is 1.12 bits per heavy atom. The maximum atomic E-state index is 13.1. The number of hydrogen-bond acceptors (Lipinski definition) is 4. The molecule has 0 bridgehead atoms. The molecule has 1 heterocycles. The number of nitrogens with zero attached hydrogens (tertiary/aromatic N) is 2. The lowest BCUT2D eigenvalue weighted by molar-refractivity contribution is -0.122. The normalized spacial score (nSPS) is 15.5. The SMILES string of the molecule is CCC(C(=O)NCc1cccc(CN2CCCC2)c1)N(c1cc(Cl)ccc1Cl)S(C)(=O)=O. The van der Waals surface area contributed by atoms with Gasteiger partial charge in [-0.3, -0.25) is 14.0 Å². The molecule has 32 heavy (non-hydrogen) atoms. The zero-order valence-electron chi connectivity index (χ0n) is 18.4. The first-order chi connectivity index (χ1) is 15.2. The van der Waals surface area contributed by atoms with Crippen LogP contribution in [0.1, 0.15) is 37.3 Å². The Labute approximate surface area is 200 Å². The number of nitrogens with one attached hydrogen (secondary N) is 1. The van der Waals surface area contributed by atoms with Crippen molar-refractivity contribution < 1.29 is 13.2 Å². The molecule has 2 aromatic rings. The molecule has 1 fully saturated rings. The van der Waals surface area contributed by atoms with Crippen molar-refractivity contribution in [3.8, 4) is 0 Å². The summed E-state index contributed by atoms with van der Waals surface area (Å²) in [6, 6.07) is 11.7. The van der Waals surface area contributed by atoms with E-state index < -0.39 is 16.1 Å². The Balaban J connectivity index is 1.75. The van der Waals surface area contributed by atoms with E-state index in [2.05, 4.69) is 22.3 Å². The van der Waals surface area contributed by atoms with Crippen molar-refractivity contribution in [1.29, 1.82) is 0 Å². The largest absolute Gasteiger partial charge is 0.350 e.